The Morgan fingerprint density at radius 3 is 3.00 bits per heavy atom. The van der Waals surface area contributed by atoms with Crippen molar-refractivity contribution in [3.63, 3.8) is 0 Å². The molecule has 2 aromatic rings. The summed E-state index contributed by atoms with van der Waals surface area (Å²) < 4.78 is 5.90. The Bertz CT molecular complexity index is 521. The van der Waals surface area contributed by atoms with E-state index in [1.165, 1.54) is 16.0 Å². The van der Waals surface area contributed by atoms with Gasteiger partial charge in [-0.3, -0.25) is 0 Å². The normalized spacial score (nSPS) is 15.8. The van der Waals surface area contributed by atoms with Gasteiger partial charge in [0.1, 0.15) is 5.75 Å². The standard InChI is InChI=1S/C15H17NOS/c1-16-14(13-8-4-10-18-13)12-7-2-5-11-6-3-9-17-15(11)12/h2,4-5,7-8,10,14,16H,3,6,9H2,1H3. The molecule has 1 aliphatic rings. The van der Waals surface area contributed by atoms with E-state index in [0.717, 1.165) is 25.2 Å². The highest BCUT2D eigenvalue weighted by atomic mass is 32.1. The first-order chi connectivity index (χ1) is 8.90. The van der Waals surface area contributed by atoms with E-state index in [9.17, 15) is 0 Å². The third-order valence-corrected chi connectivity index (χ3v) is 4.33. The van der Waals surface area contributed by atoms with Crippen molar-refractivity contribution >= 4 is 11.3 Å². The zero-order valence-corrected chi connectivity index (χ0v) is 11.3. The van der Waals surface area contributed by atoms with Crippen molar-refractivity contribution in [1.29, 1.82) is 0 Å². The topological polar surface area (TPSA) is 21.3 Å². The number of benzene rings is 1. The first kappa shape index (κ1) is 11.8. The van der Waals surface area contributed by atoms with Gasteiger partial charge in [0.25, 0.3) is 0 Å². The van der Waals surface area contributed by atoms with Gasteiger partial charge in [-0.15, -0.1) is 11.3 Å². The Kier molecular flexibility index (Phi) is 3.35. The van der Waals surface area contributed by atoms with Crippen LogP contribution in [0.2, 0.25) is 0 Å². The quantitative estimate of drug-likeness (QED) is 0.912. The molecule has 18 heavy (non-hydrogen) atoms. The highest BCUT2D eigenvalue weighted by molar-refractivity contribution is 7.10. The number of hydrogen-bond acceptors (Lipinski definition) is 3. The van der Waals surface area contributed by atoms with Gasteiger partial charge < -0.3 is 10.1 Å². The monoisotopic (exact) mass is 259 g/mol. The lowest BCUT2D eigenvalue weighted by molar-refractivity contribution is 0.283. The molecule has 0 fully saturated rings. The largest absolute Gasteiger partial charge is 0.493 e. The van der Waals surface area contributed by atoms with Crippen LogP contribution < -0.4 is 10.1 Å². The van der Waals surface area contributed by atoms with Crippen LogP contribution in [0.3, 0.4) is 0 Å². The molecule has 1 unspecified atom stereocenters. The molecule has 0 bridgehead atoms. The highest BCUT2D eigenvalue weighted by Gasteiger charge is 2.21. The third kappa shape index (κ3) is 2.04. The fraction of sp³-hybridized carbons (Fsp3) is 0.333. The van der Waals surface area contributed by atoms with Crippen molar-refractivity contribution in [2.75, 3.05) is 13.7 Å². The Balaban J connectivity index is 2.05. The van der Waals surface area contributed by atoms with Crippen molar-refractivity contribution in [2.24, 2.45) is 0 Å². The molecule has 1 aromatic heterocycles. The van der Waals surface area contributed by atoms with Gasteiger partial charge >= 0.3 is 0 Å². The summed E-state index contributed by atoms with van der Waals surface area (Å²) >= 11 is 1.78. The van der Waals surface area contributed by atoms with E-state index in [-0.39, 0.29) is 6.04 Å². The Labute approximate surface area is 112 Å². The van der Waals surface area contributed by atoms with E-state index in [2.05, 4.69) is 41.0 Å². The van der Waals surface area contributed by atoms with Gasteiger partial charge in [-0.2, -0.15) is 0 Å². The van der Waals surface area contributed by atoms with Crippen molar-refractivity contribution in [3.05, 3.63) is 51.7 Å². The summed E-state index contributed by atoms with van der Waals surface area (Å²) in [4.78, 5) is 1.33. The van der Waals surface area contributed by atoms with Gasteiger partial charge in [0.05, 0.1) is 12.6 Å². The number of rotatable bonds is 3. The Hall–Kier alpha value is -1.32. The molecule has 3 rings (SSSR count). The minimum atomic E-state index is 0.234. The number of hydrogen-bond donors (Lipinski definition) is 1. The lowest BCUT2D eigenvalue weighted by Crippen LogP contribution is -2.20. The molecule has 1 N–H and O–H groups in total. The van der Waals surface area contributed by atoms with E-state index in [0.29, 0.717) is 0 Å². The summed E-state index contributed by atoms with van der Waals surface area (Å²) in [6, 6.07) is 11.0. The number of fused-ring (bicyclic) bond motifs is 1. The molecule has 0 saturated carbocycles. The van der Waals surface area contributed by atoms with Gasteiger partial charge in [0, 0.05) is 10.4 Å². The summed E-state index contributed by atoms with van der Waals surface area (Å²) in [7, 11) is 2.01. The fourth-order valence-electron chi connectivity index (χ4n) is 2.55. The molecule has 2 nitrogen and oxygen atoms in total. The van der Waals surface area contributed by atoms with Crippen LogP contribution in [0.5, 0.6) is 5.75 Å². The van der Waals surface area contributed by atoms with Crippen LogP contribution in [-0.4, -0.2) is 13.7 Å². The third-order valence-electron chi connectivity index (χ3n) is 3.39. The number of thiophene rings is 1. The Morgan fingerprint density at radius 2 is 2.22 bits per heavy atom. The van der Waals surface area contributed by atoms with Gasteiger partial charge in [-0.25, -0.2) is 0 Å². The zero-order chi connectivity index (χ0) is 12.4. The molecule has 0 radical (unpaired) electrons. The first-order valence-electron chi connectivity index (χ1n) is 6.35. The molecule has 1 aromatic carbocycles. The van der Waals surface area contributed by atoms with Crippen LogP contribution in [0.25, 0.3) is 0 Å². The molecule has 0 aliphatic carbocycles. The van der Waals surface area contributed by atoms with Crippen molar-refractivity contribution in [2.45, 2.75) is 18.9 Å². The van der Waals surface area contributed by atoms with Crippen LogP contribution in [0, 0.1) is 0 Å². The maximum absolute atomic E-state index is 5.90. The molecule has 2 heterocycles. The first-order valence-corrected chi connectivity index (χ1v) is 7.23. The minimum absolute atomic E-state index is 0.234. The van der Waals surface area contributed by atoms with Crippen LogP contribution in [-0.2, 0) is 6.42 Å². The average molecular weight is 259 g/mol. The summed E-state index contributed by atoms with van der Waals surface area (Å²) in [5, 5.41) is 5.52. The van der Waals surface area contributed by atoms with Crippen molar-refractivity contribution in [1.82, 2.24) is 5.32 Å². The van der Waals surface area contributed by atoms with Gasteiger partial charge in [0.2, 0.25) is 0 Å². The summed E-state index contributed by atoms with van der Waals surface area (Å²) in [6.45, 7) is 0.838. The van der Waals surface area contributed by atoms with E-state index in [4.69, 9.17) is 4.74 Å². The second kappa shape index (κ2) is 5.12. The maximum Gasteiger partial charge on any atom is 0.127 e. The lowest BCUT2D eigenvalue weighted by Gasteiger charge is -2.24. The minimum Gasteiger partial charge on any atom is -0.493 e. The number of nitrogens with one attached hydrogen (secondary N) is 1. The van der Waals surface area contributed by atoms with Crippen LogP contribution in [0.1, 0.15) is 28.5 Å². The smallest absolute Gasteiger partial charge is 0.127 e. The zero-order valence-electron chi connectivity index (χ0n) is 10.5. The second-order valence-corrected chi connectivity index (χ2v) is 5.50. The van der Waals surface area contributed by atoms with Gasteiger partial charge in [0.15, 0.2) is 0 Å². The molecule has 3 heteroatoms. The van der Waals surface area contributed by atoms with E-state index >= 15 is 0 Å². The molecule has 1 aliphatic heterocycles. The molecular weight excluding hydrogens is 242 g/mol. The van der Waals surface area contributed by atoms with Crippen LogP contribution >= 0.6 is 11.3 Å². The predicted molar refractivity (Wildman–Crippen MR) is 75.5 cm³/mol. The van der Waals surface area contributed by atoms with E-state index in [1.54, 1.807) is 11.3 Å². The molecule has 94 valence electrons. The fourth-order valence-corrected chi connectivity index (χ4v) is 3.40. The van der Waals surface area contributed by atoms with Gasteiger partial charge in [-0.05, 0) is 36.9 Å². The summed E-state index contributed by atoms with van der Waals surface area (Å²) in [5.41, 5.74) is 2.60. The predicted octanol–water partition coefficient (Wildman–Crippen LogP) is 3.38. The highest BCUT2D eigenvalue weighted by Crippen LogP contribution is 2.36. The van der Waals surface area contributed by atoms with Crippen LogP contribution in [0.15, 0.2) is 35.7 Å². The molecular formula is C15H17NOS. The second-order valence-electron chi connectivity index (χ2n) is 4.52. The van der Waals surface area contributed by atoms with Crippen LogP contribution in [0.4, 0.5) is 0 Å². The van der Waals surface area contributed by atoms with Crippen molar-refractivity contribution in [3.8, 4) is 5.75 Å². The SMILES string of the molecule is CNC(c1cccs1)c1cccc2c1OCCC2. The summed E-state index contributed by atoms with van der Waals surface area (Å²) in [6.07, 6.45) is 2.25. The number of aryl methyl sites for hydroxylation is 1. The maximum atomic E-state index is 5.90. The average Bonchev–Trinajstić information content (AvgIpc) is 2.94. The molecule has 0 spiro atoms. The number of para-hydroxylation sites is 1. The lowest BCUT2D eigenvalue weighted by atomic mass is 9.97. The Morgan fingerprint density at radius 1 is 1.28 bits per heavy atom. The molecule has 0 saturated heterocycles. The number of ether oxygens (including phenoxy) is 1. The van der Waals surface area contributed by atoms with E-state index in [1.807, 2.05) is 7.05 Å². The van der Waals surface area contributed by atoms with E-state index < -0.39 is 0 Å². The molecule has 1 atom stereocenters. The van der Waals surface area contributed by atoms with Gasteiger partial charge in [-0.1, -0.05) is 24.3 Å². The van der Waals surface area contributed by atoms with Crippen molar-refractivity contribution < 1.29 is 4.74 Å². The summed E-state index contributed by atoms with van der Waals surface area (Å²) in [5.74, 6) is 1.09. The molecule has 0 amide bonds.